The van der Waals surface area contributed by atoms with Gasteiger partial charge >= 0.3 is 0 Å². The molecule has 21 heavy (non-hydrogen) atoms. The van der Waals surface area contributed by atoms with E-state index in [0.717, 1.165) is 28.8 Å². The zero-order chi connectivity index (χ0) is 15.0. The Hall–Kier alpha value is -2.00. The molecule has 0 aliphatic heterocycles. The number of hydrogen-bond acceptors (Lipinski definition) is 2. The number of benzene rings is 2. The molecule has 0 amide bonds. The first-order valence-corrected chi connectivity index (χ1v) is 7.47. The van der Waals surface area contributed by atoms with E-state index >= 15 is 0 Å². The van der Waals surface area contributed by atoms with Crippen molar-refractivity contribution >= 4 is 21.8 Å². The van der Waals surface area contributed by atoms with Crippen LogP contribution in [0, 0.1) is 0 Å². The summed E-state index contributed by atoms with van der Waals surface area (Å²) in [6.07, 6.45) is 0.0737. The van der Waals surface area contributed by atoms with E-state index in [1.807, 2.05) is 26.0 Å². The highest BCUT2D eigenvalue weighted by molar-refractivity contribution is 6.11. The first-order chi connectivity index (χ1) is 10.2. The zero-order valence-corrected chi connectivity index (χ0v) is 12.8. The quantitative estimate of drug-likeness (QED) is 0.782. The van der Waals surface area contributed by atoms with E-state index in [2.05, 4.69) is 35.8 Å². The first kappa shape index (κ1) is 14.0. The Balaban J connectivity index is 2.46. The van der Waals surface area contributed by atoms with Gasteiger partial charge in [0.05, 0.1) is 18.2 Å². The van der Waals surface area contributed by atoms with Crippen LogP contribution in [0.15, 0.2) is 36.4 Å². The van der Waals surface area contributed by atoms with Crippen molar-refractivity contribution in [2.75, 3.05) is 0 Å². The fourth-order valence-electron chi connectivity index (χ4n) is 2.99. The van der Waals surface area contributed by atoms with Gasteiger partial charge in [0.15, 0.2) is 0 Å². The summed E-state index contributed by atoms with van der Waals surface area (Å²) in [5, 5.41) is 11.9. The van der Waals surface area contributed by atoms with Crippen LogP contribution < -0.4 is 4.74 Å². The summed E-state index contributed by atoms with van der Waals surface area (Å²) < 4.78 is 8.33. The molecule has 1 N–H and O–H groups in total. The average molecular weight is 283 g/mol. The van der Waals surface area contributed by atoms with E-state index in [1.165, 1.54) is 10.9 Å². The maximum atomic E-state index is 9.64. The number of aromatic nitrogens is 1. The number of rotatable bonds is 4. The van der Waals surface area contributed by atoms with Gasteiger partial charge in [0.25, 0.3) is 0 Å². The fraction of sp³-hybridized carbons (Fsp3) is 0.333. The normalized spacial score (nSPS) is 11.7. The molecule has 0 atom stereocenters. The lowest BCUT2D eigenvalue weighted by atomic mass is 10.1. The summed E-state index contributed by atoms with van der Waals surface area (Å²) in [5.41, 5.74) is 3.21. The van der Waals surface area contributed by atoms with Crippen LogP contribution in [0.5, 0.6) is 5.75 Å². The van der Waals surface area contributed by atoms with Crippen molar-refractivity contribution in [2.24, 2.45) is 0 Å². The van der Waals surface area contributed by atoms with Crippen LogP contribution in [0.1, 0.15) is 26.3 Å². The molecule has 0 fully saturated rings. The molecule has 3 rings (SSSR count). The van der Waals surface area contributed by atoms with E-state index in [9.17, 15) is 5.11 Å². The summed E-state index contributed by atoms with van der Waals surface area (Å²) >= 11 is 0. The van der Waals surface area contributed by atoms with Crippen LogP contribution >= 0.6 is 0 Å². The molecule has 3 heteroatoms. The van der Waals surface area contributed by atoms with E-state index in [0.29, 0.717) is 0 Å². The van der Waals surface area contributed by atoms with Gasteiger partial charge in [-0.2, -0.15) is 0 Å². The number of hydrogen-bond donors (Lipinski definition) is 1. The van der Waals surface area contributed by atoms with Gasteiger partial charge in [-0.1, -0.05) is 24.3 Å². The number of aryl methyl sites for hydroxylation is 1. The Kier molecular flexibility index (Phi) is 3.60. The molecule has 0 aliphatic carbocycles. The summed E-state index contributed by atoms with van der Waals surface area (Å²) in [6, 6.07) is 12.4. The van der Waals surface area contributed by atoms with Gasteiger partial charge < -0.3 is 14.4 Å². The smallest absolute Gasteiger partial charge is 0.135 e. The molecule has 3 aromatic rings. The average Bonchev–Trinajstić information content (AvgIpc) is 2.81. The number of aliphatic hydroxyl groups is 1. The molecule has 0 bridgehead atoms. The van der Waals surface area contributed by atoms with Gasteiger partial charge in [0, 0.05) is 28.4 Å². The highest BCUT2D eigenvalue weighted by Gasteiger charge is 2.17. The number of aliphatic hydroxyl groups excluding tert-OH is 1. The van der Waals surface area contributed by atoms with Gasteiger partial charge in [0.2, 0.25) is 0 Å². The van der Waals surface area contributed by atoms with Crippen molar-refractivity contribution in [3.8, 4) is 5.75 Å². The lowest BCUT2D eigenvalue weighted by Gasteiger charge is -2.15. The second kappa shape index (κ2) is 5.41. The molecule has 0 saturated carbocycles. The fourth-order valence-corrected chi connectivity index (χ4v) is 2.99. The zero-order valence-electron chi connectivity index (χ0n) is 12.8. The summed E-state index contributed by atoms with van der Waals surface area (Å²) in [4.78, 5) is 0. The van der Waals surface area contributed by atoms with Crippen molar-refractivity contribution in [2.45, 2.75) is 40.0 Å². The Morgan fingerprint density at radius 1 is 1.10 bits per heavy atom. The first-order valence-electron chi connectivity index (χ1n) is 7.47. The lowest BCUT2D eigenvalue weighted by molar-refractivity contribution is 0.228. The number of ether oxygens (including phenoxy) is 1. The molecule has 1 aromatic heterocycles. The minimum atomic E-state index is -0.0103. The topological polar surface area (TPSA) is 34.4 Å². The van der Waals surface area contributed by atoms with Crippen LogP contribution in [0.3, 0.4) is 0 Å². The van der Waals surface area contributed by atoms with Crippen LogP contribution in [0.2, 0.25) is 0 Å². The highest BCUT2D eigenvalue weighted by atomic mass is 16.5. The molecule has 2 aromatic carbocycles. The highest BCUT2D eigenvalue weighted by Crippen LogP contribution is 2.38. The van der Waals surface area contributed by atoms with Crippen LogP contribution in [-0.2, 0) is 13.2 Å². The van der Waals surface area contributed by atoms with Gasteiger partial charge in [-0.25, -0.2) is 0 Å². The monoisotopic (exact) mass is 283 g/mol. The molecule has 0 aliphatic rings. The van der Waals surface area contributed by atoms with Crippen molar-refractivity contribution in [3.63, 3.8) is 0 Å². The third kappa shape index (κ3) is 2.18. The van der Waals surface area contributed by atoms with Crippen molar-refractivity contribution in [1.29, 1.82) is 0 Å². The van der Waals surface area contributed by atoms with E-state index in [4.69, 9.17) is 4.74 Å². The summed E-state index contributed by atoms with van der Waals surface area (Å²) in [7, 11) is 0. The predicted molar refractivity (Wildman–Crippen MR) is 86.8 cm³/mol. The molecular formula is C18H21NO2. The Bertz CT molecular complexity index is 787. The van der Waals surface area contributed by atoms with Crippen LogP contribution in [-0.4, -0.2) is 15.8 Å². The van der Waals surface area contributed by atoms with Gasteiger partial charge in [-0.05, 0) is 32.9 Å². The lowest BCUT2D eigenvalue weighted by Crippen LogP contribution is -2.08. The standard InChI is InChI=1S/C18H21NO2/c1-4-19-15-8-6-5-7-14(15)17-16(19)10-9-13(11-20)18(17)21-12(2)3/h5-10,12,20H,4,11H2,1-3H3. The SMILES string of the molecule is CCn1c2ccccc2c2c(OC(C)C)c(CO)ccc21. The second-order valence-corrected chi connectivity index (χ2v) is 5.53. The molecule has 0 radical (unpaired) electrons. The third-order valence-electron chi connectivity index (χ3n) is 3.81. The molecule has 110 valence electrons. The van der Waals surface area contributed by atoms with Crippen molar-refractivity contribution < 1.29 is 9.84 Å². The van der Waals surface area contributed by atoms with Crippen molar-refractivity contribution in [1.82, 2.24) is 4.57 Å². The largest absolute Gasteiger partial charge is 0.490 e. The molecule has 1 heterocycles. The van der Waals surface area contributed by atoms with Crippen molar-refractivity contribution in [3.05, 3.63) is 42.0 Å². The number of para-hydroxylation sites is 1. The Morgan fingerprint density at radius 2 is 1.86 bits per heavy atom. The van der Waals surface area contributed by atoms with E-state index in [1.54, 1.807) is 0 Å². The summed E-state index contributed by atoms with van der Waals surface area (Å²) in [5.74, 6) is 0.813. The van der Waals surface area contributed by atoms with Gasteiger partial charge in [0.1, 0.15) is 5.75 Å². The maximum Gasteiger partial charge on any atom is 0.135 e. The van der Waals surface area contributed by atoms with Crippen LogP contribution in [0.4, 0.5) is 0 Å². The van der Waals surface area contributed by atoms with E-state index in [-0.39, 0.29) is 12.7 Å². The molecule has 0 saturated heterocycles. The van der Waals surface area contributed by atoms with Crippen LogP contribution in [0.25, 0.3) is 21.8 Å². The molecule has 3 nitrogen and oxygen atoms in total. The van der Waals surface area contributed by atoms with E-state index < -0.39 is 0 Å². The maximum absolute atomic E-state index is 9.64. The summed E-state index contributed by atoms with van der Waals surface area (Å²) in [6.45, 7) is 7.07. The molecule has 0 spiro atoms. The Morgan fingerprint density at radius 3 is 2.52 bits per heavy atom. The van der Waals surface area contributed by atoms with Gasteiger partial charge in [-0.15, -0.1) is 0 Å². The third-order valence-corrected chi connectivity index (χ3v) is 3.81. The predicted octanol–water partition coefficient (Wildman–Crippen LogP) is 4.09. The van der Waals surface area contributed by atoms with Gasteiger partial charge in [-0.3, -0.25) is 0 Å². The minimum Gasteiger partial charge on any atom is -0.490 e. The second-order valence-electron chi connectivity index (χ2n) is 5.53. The number of fused-ring (bicyclic) bond motifs is 3. The molecule has 0 unspecified atom stereocenters. The number of nitrogens with zero attached hydrogens (tertiary/aromatic N) is 1. The molecular weight excluding hydrogens is 262 g/mol. The Labute approximate surface area is 124 Å². The minimum absolute atomic E-state index is 0.0103.